The van der Waals surface area contributed by atoms with Crippen molar-refractivity contribution in [3.63, 3.8) is 0 Å². The summed E-state index contributed by atoms with van der Waals surface area (Å²) in [6.07, 6.45) is -2.81. The van der Waals surface area contributed by atoms with Gasteiger partial charge < -0.3 is 19.7 Å². The Labute approximate surface area is 119 Å². The molecule has 0 saturated carbocycles. The summed E-state index contributed by atoms with van der Waals surface area (Å²) in [5.74, 6) is 0. The van der Waals surface area contributed by atoms with E-state index < -0.39 is 44.4 Å². The minimum atomic E-state index is -3.75. The lowest BCUT2D eigenvalue weighted by Crippen LogP contribution is -2.28. The SMILES string of the molecule is [3H][C@H]1C[C@H](OP(=O)(S)OC[C@H]2O[C@@H]([3H])C[C@@H]2O)[C@@H](CO)O1. The van der Waals surface area contributed by atoms with E-state index in [-0.39, 0.29) is 26.1 Å². The van der Waals surface area contributed by atoms with E-state index in [9.17, 15) is 9.67 Å². The minimum Gasteiger partial charge on any atom is -0.394 e. The maximum Gasteiger partial charge on any atom is 0.386 e. The molecule has 0 aromatic heterocycles. The third kappa shape index (κ3) is 4.41. The Morgan fingerprint density at radius 1 is 1.37 bits per heavy atom. The van der Waals surface area contributed by atoms with Crippen LogP contribution in [0.1, 0.15) is 15.6 Å². The normalized spacial score (nSPS) is 47.7. The van der Waals surface area contributed by atoms with Gasteiger partial charge in [-0.2, -0.15) is 0 Å². The summed E-state index contributed by atoms with van der Waals surface area (Å²) in [6.45, 7) is -6.03. The van der Waals surface area contributed by atoms with Crippen LogP contribution >= 0.6 is 19.0 Å². The highest BCUT2D eigenvalue weighted by atomic mass is 32.7. The molecule has 112 valence electrons. The van der Waals surface area contributed by atoms with Crippen LogP contribution < -0.4 is 0 Å². The Hall–Kier alpha value is 0.340. The van der Waals surface area contributed by atoms with Crippen LogP contribution in [0.15, 0.2) is 0 Å². The molecule has 2 fully saturated rings. The first-order chi connectivity index (χ1) is 9.80. The summed E-state index contributed by atoms with van der Waals surface area (Å²) in [7, 11) is 0. The molecule has 2 N–H and O–H groups in total. The molecule has 0 aliphatic carbocycles. The molecule has 9 heteroatoms. The van der Waals surface area contributed by atoms with Gasteiger partial charge in [-0.3, -0.25) is 9.05 Å². The van der Waals surface area contributed by atoms with Gasteiger partial charge in [0, 0.05) is 19.6 Å². The molecule has 0 radical (unpaired) electrons. The van der Waals surface area contributed by atoms with E-state index in [1.54, 1.807) is 0 Å². The maximum absolute atomic E-state index is 12.1. The molecule has 2 rings (SSSR count). The van der Waals surface area contributed by atoms with Crippen LogP contribution in [-0.2, 0) is 23.1 Å². The summed E-state index contributed by atoms with van der Waals surface area (Å²) >= 11 is 3.82. The fraction of sp³-hybridized carbons (Fsp3) is 1.00. The number of hydrogen-bond donors (Lipinski definition) is 3. The van der Waals surface area contributed by atoms with E-state index in [0.29, 0.717) is 0 Å². The zero-order valence-electron chi connectivity index (χ0n) is 12.1. The second-order valence-corrected chi connectivity index (χ2v) is 7.19. The lowest BCUT2D eigenvalue weighted by atomic mass is 10.2. The maximum atomic E-state index is 12.1. The summed E-state index contributed by atoms with van der Waals surface area (Å²) in [5, 5.41) is 18.7. The van der Waals surface area contributed by atoms with Crippen molar-refractivity contribution in [2.24, 2.45) is 0 Å². The standard InChI is InChI=1S/C10H19O7PS/c11-5-9-8(2-4-14-9)17-18(13,19)16-6-10-7(12)1-3-15-10/h7-12H,1-6H2,(H,13,19)/t7-,8-,9+,10+,18?/m0/s1/i3T,4T/t3-,4-,7-,8-,9+,10+,18?. The molecule has 0 aromatic rings. The predicted molar refractivity (Wildman–Crippen MR) is 69.2 cm³/mol. The monoisotopic (exact) mass is 318 g/mol. The molecular weight excluding hydrogens is 295 g/mol. The van der Waals surface area contributed by atoms with Crippen molar-refractivity contribution in [3.8, 4) is 0 Å². The van der Waals surface area contributed by atoms with E-state index in [1.807, 2.05) is 0 Å². The molecule has 2 saturated heterocycles. The van der Waals surface area contributed by atoms with Crippen molar-refractivity contribution in [1.82, 2.24) is 0 Å². The smallest absolute Gasteiger partial charge is 0.386 e. The van der Waals surface area contributed by atoms with Crippen LogP contribution in [0.2, 0.25) is 0 Å². The number of ether oxygens (including phenoxy) is 2. The van der Waals surface area contributed by atoms with Crippen LogP contribution in [0.3, 0.4) is 0 Å². The molecule has 2 heterocycles. The first-order valence-corrected chi connectivity index (χ1v) is 8.60. The molecule has 19 heavy (non-hydrogen) atoms. The quantitative estimate of drug-likeness (QED) is 0.481. The Morgan fingerprint density at radius 3 is 2.68 bits per heavy atom. The molecule has 7 nitrogen and oxygen atoms in total. The number of hydrogen-bond acceptors (Lipinski definition) is 7. The zero-order valence-corrected chi connectivity index (χ0v) is 11.9. The van der Waals surface area contributed by atoms with Gasteiger partial charge in [-0.15, -0.1) is 0 Å². The van der Waals surface area contributed by atoms with Crippen LogP contribution in [0, 0.1) is 0 Å². The van der Waals surface area contributed by atoms with Gasteiger partial charge in [0.15, 0.2) is 0 Å². The molecule has 0 amide bonds. The Morgan fingerprint density at radius 2 is 2.05 bits per heavy atom. The largest absolute Gasteiger partial charge is 0.394 e. The summed E-state index contributed by atoms with van der Waals surface area (Å²) in [6, 6.07) is 0. The number of aliphatic hydroxyl groups excluding tert-OH is 2. The van der Waals surface area contributed by atoms with E-state index in [1.165, 1.54) is 0 Å². The average molecular weight is 318 g/mol. The third-order valence-corrected chi connectivity index (χ3v) is 4.54. The van der Waals surface area contributed by atoms with Crippen molar-refractivity contribution in [1.29, 1.82) is 0 Å². The van der Waals surface area contributed by atoms with Gasteiger partial charge >= 0.3 is 6.80 Å². The van der Waals surface area contributed by atoms with Crippen LogP contribution in [0.5, 0.6) is 0 Å². The number of aliphatic hydroxyl groups is 2. The van der Waals surface area contributed by atoms with Crippen LogP contribution in [0.4, 0.5) is 0 Å². The van der Waals surface area contributed by atoms with Gasteiger partial charge in [-0.05, 0) is 6.42 Å². The summed E-state index contributed by atoms with van der Waals surface area (Å²) in [4.78, 5) is 0. The molecule has 0 spiro atoms. The number of rotatable bonds is 6. The summed E-state index contributed by atoms with van der Waals surface area (Å²) < 4.78 is 47.3. The Balaban J connectivity index is 1.83. The molecule has 0 aromatic carbocycles. The Kier molecular flexibility index (Phi) is 4.71. The highest BCUT2D eigenvalue weighted by Gasteiger charge is 2.36. The molecule has 2 aliphatic heterocycles. The van der Waals surface area contributed by atoms with Crippen molar-refractivity contribution in [3.05, 3.63) is 0 Å². The van der Waals surface area contributed by atoms with E-state index in [4.69, 9.17) is 26.4 Å². The van der Waals surface area contributed by atoms with E-state index >= 15 is 0 Å². The van der Waals surface area contributed by atoms with E-state index in [0.717, 1.165) is 0 Å². The second-order valence-electron chi connectivity index (χ2n) is 4.31. The van der Waals surface area contributed by atoms with Gasteiger partial charge in [0.25, 0.3) is 0 Å². The van der Waals surface area contributed by atoms with Gasteiger partial charge in [0.2, 0.25) is 0 Å². The van der Waals surface area contributed by atoms with Gasteiger partial charge in [0.05, 0.1) is 28.2 Å². The zero-order chi connectivity index (χ0) is 15.6. The molecular formula is C10H19O7PS. The summed E-state index contributed by atoms with van der Waals surface area (Å²) in [5.41, 5.74) is 0. The number of thiol groups is 1. The lowest BCUT2D eigenvalue weighted by molar-refractivity contribution is -0.00605. The lowest BCUT2D eigenvalue weighted by Gasteiger charge is -2.22. The van der Waals surface area contributed by atoms with Crippen molar-refractivity contribution in [2.45, 2.75) is 37.3 Å². The first-order valence-electron chi connectivity index (χ1n) is 7.06. The molecule has 2 aliphatic rings. The average Bonchev–Trinajstić information content (AvgIpc) is 2.88. The van der Waals surface area contributed by atoms with Gasteiger partial charge in [-0.25, -0.2) is 4.57 Å². The minimum absolute atomic E-state index is 0.149. The highest BCUT2D eigenvalue weighted by Crippen LogP contribution is 2.55. The topological polar surface area (TPSA) is 94.5 Å². The van der Waals surface area contributed by atoms with Crippen LogP contribution in [-0.4, -0.2) is 61.0 Å². The Bertz CT molecular complexity index is 404. The highest BCUT2D eigenvalue weighted by molar-refractivity contribution is 8.44. The molecule has 0 bridgehead atoms. The third-order valence-electron chi connectivity index (χ3n) is 2.90. The molecule has 7 atom stereocenters. The fourth-order valence-corrected chi connectivity index (χ4v) is 3.35. The van der Waals surface area contributed by atoms with Crippen molar-refractivity contribution >= 4 is 19.0 Å². The second kappa shape index (κ2) is 6.87. The van der Waals surface area contributed by atoms with Crippen LogP contribution in [0.25, 0.3) is 0 Å². The predicted octanol–water partition coefficient (Wildman–Crippen LogP) is 0.357. The first kappa shape index (κ1) is 13.0. The van der Waals surface area contributed by atoms with Gasteiger partial charge in [0.1, 0.15) is 12.2 Å². The van der Waals surface area contributed by atoms with E-state index in [2.05, 4.69) is 12.2 Å². The molecule has 1 unspecified atom stereocenters. The van der Waals surface area contributed by atoms with Crippen molar-refractivity contribution < 1.29 is 36.0 Å². The van der Waals surface area contributed by atoms with Gasteiger partial charge in [-0.1, -0.05) is 12.2 Å². The fourth-order valence-electron chi connectivity index (χ4n) is 1.82. The van der Waals surface area contributed by atoms with Crippen molar-refractivity contribution in [2.75, 3.05) is 26.4 Å².